The second-order valence-electron chi connectivity index (χ2n) is 3.33. The topological polar surface area (TPSA) is 53.4 Å². The number of likely N-dealkylation sites (N-methyl/N-ethyl adjacent to an activating group) is 1. The molecule has 90 valence electrons. The van der Waals surface area contributed by atoms with E-state index in [-0.39, 0.29) is 18.6 Å². The summed E-state index contributed by atoms with van der Waals surface area (Å²) in [5, 5.41) is 10.8. The first-order valence-electron chi connectivity index (χ1n) is 5.05. The van der Waals surface area contributed by atoms with E-state index in [0.29, 0.717) is 12.2 Å². The predicted molar refractivity (Wildman–Crippen MR) is 67.2 cm³/mol. The number of hydrogen-bond acceptors (Lipinski definition) is 5. The van der Waals surface area contributed by atoms with Gasteiger partial charge >= 0.3 is 0 Å². The van der Waals surface area contributed by atoms with Crippen molar-refractivity contribution in [2.45, 2.75) is 24.2 Å². The molecule has 1 atom stereocenters. The molecule has 6 heteroatoms. The second-order valence-corrected chi connectivity index (χ2v) is 5.24. The summed E-state index contributed by atoms with van der Waals surface area (Å²) in [6.45, 7) is 4.26. The van der Waals surface area contributed by atoms with Crippen molar-refractivity contribution in [3.05, 3.63) is 11.1 Å². The molecule has 0 aliphatic carbocycles. The zero-order valence-electron chi connectivity index (χ0n) is 9.64. The highest BCUT2D eigenvalue weighted by atomic mass is 32.2. The van der Waals surface area contributed by atoms with Gasteiger partial charge in [0, 0.05) is 11.9 Å². The zero-order chi connectivity index (χ0) is 12.1. The van der Waals surface area contributed by atoms with Gasteiger partial charge in [-0.2, -0.15) is 0 Å². The fraction of sp³-hybridized carbons (Fsp3) is 0.600. The van der Waals surface area contributed by atoms with Gasteiger partial charge in [0.05, 0.1) is 12.6 Å². The molecule has 4 nitrogen and oxygen atoms in total. The smallest absolute Gasteiger partial charge is 0.273 e. The molecule has 0 spiro atoms. The Kier molecular flexibility index (Phi) is 5.24. The van der Waals surface area contributed by atoms with E-state index in [2.05, 4.69) is 4.98 Å². The van der Waals surface area contributed by atoms with Crippen LogP contribution in [0.5, 0.6) is 0 Å². The molecule has 1 aromatic heterocycles. The fourth-order valence-electron chi connectivity index (χ4n) is 1.35. The average Bonchev–Trinajstić information content (AvgIpc) is 2.78. The summed E-state index contributed by atoms with van der Waals surface area (Å²) in [4.78, 5) is 17.9. The summed E-state index contributed by atoms with van der Waals surface area (Å²) in [5.74, 6) is -0.111. The third kappa shape index (κ3) is 2.96. The predicted octanol–water partition coefficient (Wildman–Crippen LogP) is 1.71. The van der Waals surface area contributed by atoms with E-state index in [0.717, 1.165) is 4.34 Å². The van der Waals surface area contributed by atoms with Gasteiger partial charge in [-0.3, -0.25) is 4.79 Å². The van der Waals surface area contributed by atoms with Crippen molar-refractivity contribution >= 4 is 29.0 Å². The number of amides is 1. The van der Waals surface area contributed by atoms with Gasteiger partial charge in [0.1, 0.15) is 10.0 Å². The SMILES string of the molecule is CCN(C(=O)c1csc(SC)n1)C(C)CO. The third-order valence-electron chi connectivity index (χ3n) is 2.27. The van der Waals surface area contributed by atoms with Crippen LogP contribution in [0.2, 0.25) is 0 Å². The molecule has 0 bridgehead atoms. The van der Waals surface area contributed by atoms with Gasteiger partial charge in [0.2, 0.25) is 0 Å². The van der Waals surface area contributed by atoms with Crippen molar-refractivity contribution in [3.8, 4) is 0 Å². The van der Waals surface area contributed by atoms with Crippen LogP contribution in [-0.4, -0.2) is 46.3 Å². The molecule has 16 heavy (non-hydrogen) atoms. The number of aliphatic hydroxyl groups excluding tert-OH is 1. The quantitative estimate of drug-likeness (QED) is 0.819. The van der Waals surface area contributed by atoms with Gasteiger partial charge in [-0.05, 0) is 20.1 Å². The standard InChI is InChI=1S/C10H16N2O2S2/c1-4-12(7(2)5-13)9(14)8-6-16-10(11-8)15-3/h6-7,13H,4-5H2,1-3H3. The Morgan fingerprint density at radius 3 is 2.88 bits per heavy atom. The molecule has 1 aromatic rings. The molecule has 0 aromatic carbocycles. The molecule has 1 N–H and O–H groups in total. The molecule has 0 fully saturated rings. The van der Waals surface area contributed by atoms with Crippen molar-refractivity contribution in [1.82, 2.24) is 9.88 Å². The van der Waals surface area contributed by atoms with Crippen LogP contribution in [0.15, 0.2) is 9.72 Å². The molecular formula is C10H16N2O2S2. The fourth-order valence-corrected chi connectivity index (χ4v) is 2.59. The minimum absolute atomic E-state index is 0.0287. The molecule has 1 unspecified atom stereocenters. The first-order chi connectivity index (χ1) is 7.63. The van der Waals surface area contributed by atoms with Crippen molar-refractivity contribution in [1.29, 1.82) is 0 Å². The van der Waals surface area contributed by atoms with E-state index in [1.807, 2.05) is 20.1 Å². The summed E-state index contributed by atoms with van der Waals surface area (Å²) < 4.78 is 0.885. The molecule has 1 heterocycles. The number of carbonyl (C=O) groups excluding carboxylic acids is 1. The highest BCUT2D eigenvalue weighted by Crippen LogP contribution is 2.21. The Balaban J connectivity index is 2.82. The number of thioether (sulfide) groups is 1. The number of aliphatic hydroxyl groups is 1. The molecule has 0 aliphatic heterocycles. The molecule has 1 amide bonds. The van der Waals surface area contributed by atoms with Gasteiger partial charge in [-0.25, -0.2) is 4.98 Å². The lowest BCUT2D eigenvalue weighted by Gasteiger charge is -2.25. The average molecular weight is 260 g/mol. The summed E-state index contributed by atoms with van der Waals surface area (Å²) in [5.41, 5.74) is 0.469. The van der Waals surface area contributed by atoms with Gasteiger partial charge in [0.25, 0.3) is 5.91 Å². The number of aromatic nitrogens is 1. The second kappa shape index (κ2) is 6.22. The summed E-state index contributed by atoms with van der Waals surface area (Å²) in [6.07, 6.45) is 1.93. The summed E-state index contributed by atoms with van der Waals surface area (Å²) >= 11 is 2.99. The number of rotatable bonds is 5. The Bertz CT molecular complexity index is 354. The Morgan fingerprint density at radius 1 is 1.75 bits per heavy atom. The van der Waals surface area contributed by atoms with E-state index in [1.165, 1.54) is 23.1 Å². The Labute approximate surface area is 104 Å². The van der Waals surface area contributed by atoms with E-state index in [4.69, 9.17) is 5.11 Å². The maximum absolute atomic E-state index is 12.1. The van der Waals surface area contributed by atoms with Crippen LogP contribution in [0.3, 0.4) is 0 Å². The summed E-state index contributed by atoms with van der Waals surface area (Å²) in [6, 6.07) is -0.170. The maximum atomic E-state index is 12.1. The van der Waals surface area contributed by atoms with Gasteiger partial charge in [0.15, 0.2) is 0 Å². The molecular weight excluding hydrogens is 244 g/mol. The van der Waals surface area contributed by atoms with Gasteiger partial charge in [-0.1, -0.05) is 11.8 Å². The lowest BCUT2D eigenvalue weighted by Crippen LogP contribution is -2.40. The molecule has 0 saturated carbocycles. The molecule has 1 rings (SSSR count). The maximum Gasteiger partial charge on any atom is 0.273 e. The van der Waals surface area contributed by atoms with Crippen LogP contribution >= 0.6 is 23.1 Å². The lowest BCUT2D eigenvalue weighted by molar-refractivity contribution is 0.0627. The highest BCUT2D eigenvalue weighted by Gasteiger charge is 2.21. The normalized spacial score (nSPS) is 12.5. The Morgan fingerprint density at radius 2 is 2.44 bits per heavy atom. The van der Waals surface area contributed by atoms with E-state index in [1.54, 1.807) is 10.3 Å². The monoisotopic (exact) mass is 260 g/mol. The van der Waals surface area contributed by atoms with Crippen LogP contribution in [0.1, 0.15) is 24.3 Å². The minimum atomic E-state index is -0.170. The highest BCUT2D eigenvalue weighted by molar-refractivity contribution is 8.00. The van der Waals surface area contributed by atoms with Crippen LogP contribution < -0.4 is 0 Å². The minimum Gasteiger partial charge on any atom is -0.394 e. The Hall–Kier alpha value is -0.590. The number of hydrogen-bond donors (Lipinski definition) is 1. The molecule has 0 saturated heterocycles. The van der Waals surface area contributed by atoms with E-state index in [9.17, 15) is 4.79 Å². The number of carbonyl (C=O) groups is 1. The van der Waals surface area contributed by atoms with Crippen LogP contribution in [0.25, 0.3) is 0 Å². The summed E-state index contributed by atoms with van der Waals surface area (Å²) in [7, 11) is 0. The number of nitrogens with zero attached hydrogens (tertiary/aromatic N) is 2. The van der Waals surface area contributed by atoms with Crippen LogP contribution in [0, 0.1) is 0 Å². The van der Waals surface area contributed by atoms with Gasteiger partial charge < -0.3 is 10.0 Å². The first kappa shape index (κ1) is 13.5. The molecule has 0 radical (unpaired) electrons. The van der Waals surface area contributed by atoms with Crippen molar-refractivity contribution in [3.63, 3.8) is 0 Å². The first-order valence-corrected chi connectivity index (χ1v) is 7.15. The van der Waals surface area contributed by atoms with Crippen LogP contribution in [0.4, 0.5) is 0 Å². The van der Waals surface area contributed by atoms with E-state index < -0.39 is 0 Å². The van der Waals surface area contributed by atoms with Crippen molar-refractivity contribution < 1.29 is 9.90 Å². The van der Waals surface area contributed by atoms with E-state index >= 15 is 0 Å². The zero-order valence-corrected chi connectivity index (χ0v) is 11.3. The van der Waals surface area contributed by atoms with Crippen molar-refractivity contribution in [2.24, 2.45) is 0 Å². The van der Waals surface area contributed by atoms with Crippen LogP contribution in [-0.2, 0) is 0 Å². The van der Waals surface area contributed by atoms with Crippen molar-refractivity contribution in [2.75, 3.05) is 19.4 Å². The lowest BCUT2D eigenvalue weighted by atomic mass is 10.2. The molecule has 0 aliphatic rings. The van der Waals surface area contributed by atoms with Gasteiger partial charge in [-0.15, -0.1) is 11.3 Å². The third-order valence-corrected chi connectivity index (χ3v) is 4.14. The largest absolute Gasteiger partial charge is 0.394 e. The number of thiazole rings is 1.